The Bertz CT molecular complexity index is 1250. The van der Waals surface area contributed by atoms with Crippen LogP contribution in [0.5, 0.6) is 0 Å². The van der Waals surface area contributed by atoms with Crippen LogP contribution in [0, 0.1) is 5.41 Å². The van der Waals surface area contributed by atoms with Crippen molar-refractivity contribution in [3.05, 3.63) is 76.4 Å². The number of nitrogens with one attached hydrogen (secondary N) is 3. The Morgan fingerprint density at radius 1 is 1.19 bits per heavy atom. The lowest BCUT2D eigenvalue weighted by atomic mass is 10.1. The van der Waals surface area contributed by atoms with E-state index in [1.54, 1.807) is 18.3 Å². The number of primary sulfonamides is 1. The first-order chi connectivity index (χ1) is 15.3. The molecule has 166 valence electrons. The third-order valence-electron chi connectivity index (χ3n) is 4.42. The molecule has 0 saturated carbocycles. The van der Waals surface area contributed by atoms with Crippen molar-refractivity contribution in [2.24, 2.45) is 10.9 Å². The predicted molar refractivity (Wildman–Crippen MR) is 130 cm³/mol. The van der Waals surface area contributed by atoms with Crippen molar-refractivity contribution in [3.8, 4) is 0 Å². The molecule has 32 heavy (non-hydrogen) atoms. The molecule has 9 nitrogen and oxygen atoms in total. The van der Waals surface area contributed by atoms with Crippen molar-refractivity contribution in [2.75, 3.05) is 17.2 Å². The van der Waals surface area contributed by atoms with Crippen LogP contribution in [-0.4, -0.2) is 31.1 Å². The second kappa shape index (κ2) is 10.4. The highest BCUT2D eigenvalue weighted by molar-refractivity contribution is 9.10. The number of anilines is 3. The molecule has 0 atom stereocenters. The third kappa shape index (κ3) is 6.36. The molecule has 0 unspecified atom stereocenters. The van der Waals surface area contributed by atoms with Crippen molar-refractivity contribution >= 4 is 55.3 Å². The van der Waals surface area contributed by atoms with Gasteiger partial charge in [0.25, 0.3) is 0 Å². The van der Waals surface area contributed by atoms with Crippen LogP contribution in [0.25, 0.3) is 5.70 Å². The van der Waals surface area contributed by atoms with E-state index in [1.807, 2.05) is 24.3 Å². The molecule has 0 bridgehead atoms. The zero-order chi connectivity index (χ0) is 23.1. The quantitative estimate of drug-likeness (QED) is 0.273. The molecule has 1 heterocycles. The molecule has 3 rings (SSSR count). The normalized spacial score (nSPS) is 11.8. The lowest BCUT2D eigenvalue weighted by Gasteiger charge is -2.11. The summed E-state index contributed by atoms with van der Waals surface area (Å²) < 4.78 is 23.4. The van der Waals surface area contributed by atoms with Crippen molar-refractivity contribution < 1.29 is 8.42 Å². The summed E-state index contributed by atoms with van der Waals surface area (Å²) in [5.41, 5.74) is 8.92. The molecule has 2 aromatic carbocycles. The highest BCUT2D eigenvalue weighted by atomic mass is 79.9. The van der Waals surface area contributed by atoms with Gasteiger partial charge in [0.05, 0.1) is 9.37 Å². The van der Waals surface area contributed by atoms with E-state index < -0.39 is 10.0 Å². The van der Waals surface area contributed by atoms with Crippen LogP contribution in [-0.2, 0) is 16.4 Å². The summed E-state index contributed by atoms with van der Waals surface area (Å²) in [6, 6.07) is 13.9. The Morgan fingerprint density at radius 2 is 1.94 bits per heavy atom. The summed E-state index contributed by atoms with van der Waals surface area (Å²) in [7, 11) is -3.70. The van der Waals surface area contributed by atoms with Crippen molar-refractivity contribution in [3.63, 3.8) is 0 Å². The molecule has 3 aromatic rings. The average molecular weight is 516 g/mol. The Balaban J connectivity index is 1.65. The minimum absolute atomic E-state index is 0.0858. The molecule has 0 aliphatic rings. The van der Waals surface area contributed by atoms with Gasteiger partial charge < -0.3 is 21.8 Å². The zero-order valence-electron chi connectivity index (χ0n) is 16.9. The number of hydrogen-bond donors (Lipinski definition) is 5. The number of rotatable bonds is 9. The van der Waals surface area contributed by atoms with E-state index in [0.717, 1.165) is 23.0 Å². The molecule has 11 heteroatoms. The first kappa shape index (κ1) is 23.4. The molecule has 0 spiro atoms. The smallest absolute Gasteiger partial charge is 0.238 e. The molecule has 0 fully saturated rings. The number of nitrogens with zero attached hydrogens (tertiary/aromatic N) is 2. The summed E-state index contributed by atoms with van der Waals surface area (Å²) in [6.45, 7) is 0.574. The zero-order valence-corrected chi connectivity index (χ0v) is 19.3. The highest BCUT2D eigenvalue weighted by Crippen LogP contribution is 2.23. The summed E-state index contributed by atoms with van der Waals surface area (Å²) in [4.78, 5) is 8.87. The highest BCUT2D eigenvalue weighted by Gasteiger charge is 2.08. The number of hydrogen-bond acceptors (Lipinski definition) is 8. The van der Waals surface area contributed by atoms with Gasteiger partial charge in [-0.05, 0) is 63.8 Å². The van der Waals surface area contributed by atoms with Gasteiger partial charge in [-0.3, -0.25) is 0 Å². The first-order valence-corrected chi connectivity index (χ1v) is 11.8. The van der Waals surface area contributed by atoms with Gasteiger partial charge in [-0.15, -0.1) is 0 Å². The Labute approximate surface area is 194 Å². The Morgan fingerprint density at radius 3 is 2.62 bits per heavy atom. The fourth-order valence-corrected chi connectivity index (χ4v) is 3.66. The third-order valence-corrected chi connectivity index (χ3v) is 5.93. The lowest BCUT2D eigenvalue weighted by molar-refractivity contribution is 0.598. The molecule has 0 saturated heterocycles. The molecular weight excluding hydrogens is 494 g/mol. The molecule has 0 radical (unpaired) electrons. The van der Waals surface area contributed by atoms with Gasteiger partial charge in [-0.25, -0.2) is 18.5 Å². The molecule has 7 N–H and O–H groups in total. The summed E-state index contributed by atoms with van der Waals surface area (Å²) >= 11 is 3.44. The Hall–Kier alpha value is -3.28. The SMILES string of the molecule is N=C/C=C(\N)c1cccc(Nc2ncc(Br)c(NCCc3ccc(S(N)(=O)=O)cc3)n2)c1. The van der Waals surface area contributed by atoms with E-state index in [2.05, 4.69) is 36.5 Å². The van der Waals surface area contributed by atoms with Crippen LogP contribution < -0.4 is 21.5 Å². The largest absolute Gasteiger partial charge is 0.398 e. The minimum Gasteiger partial charge on any atom is -0.398 e. The van der Waals surface area contributed by atoms with Crippen LogP contribution in [0.3, 0.4) is 0 Å². The fourth-order valence-electron chi connectivity index (χ4n) is 2.81. The van der Waals surface area contributed by atoms with Gasteiger partial charge in [0, 0.05) is 30.3 Å². The maximum absolute atomic E-state index is 11.3. The number of halogens is 1. The number of nitrogens with two attached hydrogens (primary N) is 2. The monoisotopic (exact) mass is 515 g/mol. The molecule has 0 aliphatic carbocycles. The summed E-state index contributed by atoms with van der Waals surface area (Å²) in [6.07, 6.45) is 4.95. The average Bonchev–Trinajstić information content (AvgIpc) is 2.76. The number of benzene rings is 2. The molecule has 1 aromatic heterocycles. The van der Waals surface area contributed by atoms with E-state index in [1.165, 1.54) is 18.2 Å². The molecular formula is C21H22BrN7O2S. The van der Waals surface area contributed by atoms with Crippen molar-refractivity contribution in [1.29, 1.82) is 5.41 Å². The number of aromatic nitrogens is 2. The minimum atomic E-state index is -3.70. The van der Waals surface area contributed by atoms with Crippen LogP contribution in [0.1, 0.15) is 11.1 Å². The summed E-state index contributed by atoms with van der Waals surface area (Å²) in [5, 5.41) is 18.7. The standard InChI is InChI=1S/C21H22BrN7O2S/c22-18-13-27-21(28-16-3-1-2-15(12-16)19(24)8-10-23)29-20(18)26-11-9-14-4-6-17(7-5-14)32(25,30)31/h1-8,10,12-13,23H,9,11,24H2,(H2,25,30,31)(H2,26,27,28,29)/b19-8-,23-10?. The maximum Gasteiger partial charge on any atom is 0.238 e. The van der Waals surface area contributed by atoms with E-state index >= 15 is 0 Å². The second-order valence-electron chi connectivity index (χ2n) is 6.75. The lowest BCUT2D eigenvalue weighted by Crippen LogP contribution is -2.12. The van der Waals surface area contributed by atoms with E-state index in [0.29, 0.717) is 34.9 Å². The van der Waals surface area contributed by atoms with Crippen LogP contribution in [0.4, 0.5) is 17.5 Å². The van der Waals surface area contributed by atoms with E-state index in [9.17, 15) is 8.42 Å². The van der Waals surface area contributed by atoms with Crippen LogP contribution >= 0.6 is 15.9 Å². The van der Waals surface area contributed by atoms with Gasteiger partial charge in [-0.2, -0.15) is 4.98 Å². The number of sulfonamides is 1. The molecule has 0 amide bonds. The van der Waals surface area contributed by atoms with Gasteiger partial charge in [0.1, 0.15) is 5.82 Å². The van der Waals surface area contributed by atoms with Crippen LogP contribution in [0.2, 0.25) is 0 Å². The summed E-state index contributed by atoms with van der Waals surface area (Å²) in [5.74, 6) is 1.02. The van der Waals surface area contributed by atoms with Gasteiger partial charge in [0.15, 0.2) is 0 Å². The Kier molecular flexibility index (Phi) is 7.57. The van der Waals surface area contributed by atoms with Crippen molar-refractivity contribution in [1.82, 2.24) is 9.97 Å². The predicted octanol–water partition coefficient (Wildman–Crippen LogP) is 3.23. The van der Waals surface area contributed by atoms with E-state index in [-0.39, 0.29) is 4.90 Å². The van der Waals surface area contributed by atoms with Gasteiger partial charge in [-0.1, -0.05) is 24.3 Å². The first-order valence-electron chi connectivity index (χ1n) is 9.48. The molecule has 0 aliphatic heterocycles. The number of allylic oxidation sites excluding steroid dienone is 1. The second-order valence-corrected chi connectivity index (χ2v) is 9.17. The fraction of sp³-hybridized carbons (Fsp3) is 0.0952. The van der Waals surface area contributed by atoms with Gasteiger partial charge in [0.2, 0.25) is 16.0 Å². The van der Waals surface area contributed by atoms with E-state index in [4.69, 9.17) is 16.3 Å². The van der Waals surface area contributed by atoms with Crippen LogP contribution in [0.15, 0.2) is 70.2 Å². The maximum atomic E-state index is 11.3. The topological polar surface area (TPSA) is 160 Å². The van der Waals surface area contributed by atoms with Crippen molar-refractivity contribution in [2.45, 2.75) is 11.3 Å². The van der Waals surface area contributed by atoms with Gasteiger partial charge >= 0.3 is 0 Å².